The fourth-order valence-electron chi connectivity index (χ4n) is 5.81. The number of ether oxygens (including phenoxy) is 1. The van der Waals surface area contributed by atoms with Crippen LogP contribution in [0.15, 0.2) is 29.5 Å². The number of nitrogens with one attached hydrogen (secondary N) is 1. The quantitative estimate of drug-likeness (QED) is 0.584. The minimum Gasteiger partial charge on any atom is -0.463 e. The predicted molar refractivity (Wildman–Crippen MR) is 138 cm³/mol. The van der Waals surface area contributed by atoms with Crippen LogP contribution < -0.4 is 5.32 Å². The van der Waals surface area contributed by atoms with Crippen LogP contribution in [0.25, 0.3) is 0 Å². The monoisotopic (exact) mass is 496 g/mol. The number of aryl methyl sites for hydroxylation is 2. The summed E-state index contributed by atoms with van der Waals surface area (Å²) in [6.45, 7) is 11.7. The molecule has 1 aliphatic carbocycles. The largest absolute Gasteiger partial charge is 0.463 e. The fraction of sp³-hybridized carbons (Fsp3) is 0.607. The highest BCUT2D eigenvalue weighted by atomic mass is 16.5. The summed E-state index contributed by atoms with van der Waals surface area (Å²) in [5.74, 6) is 0.0810. The Morgan fingerprint density at radius 3 is 2.36 bits per heavy atom. The van der Waals surface area contributed by atoms with Crippen molar-refractivity contribution in [2.24, 2.45) is 5.92 Å². The number of hydrogen-bond donors (Lipinski definition) is 1. The van der Waals surface area contributed by atoms with Gasteiger partial charge in [0, 0.05) is 50.9 Å². The molecular formula is C28H40N4O4. The molecule has 8 nitrogen and oxygen atoms in total. The lowest BCUT2D eigenvalue weighted by Crippen LogP contribution is -2.54. The Morgan fingerprint density at radius 2 is 1.75 bits per heavy atom. The molecule has 1 saturated heterocycles. The van der Waals surface area contributed by atoms with E-state index in [1.165, 1.54) is 0 Å². The van der Waals surface area contributed by atoms with E-state index in [0.29, 0.717) is 56.4 Å². The Labute approximate surface area is 214 Å². The highest BCUT2D eigenvalue weighted by Gasteiger charge is 2.39. The normalized spacial score (nSPS) is 21.7. The van der Waals surface area contributed by atoms with Crippen LogP contribution in [0.3, 0.4) is 0 Å². The minimum absolute atomic E-state index is 0.186. The van der Waals surface area contributed by atoms with Crippen molar-refractivity contribution in [3.63, 3.8) is 0 Å². The third kappa shape index (κ3) is 5.43. The van der Waals surface area contributed by atoms with Crippen molar-refractivity contribution >= 4 is 17.9 Å². The van der Waals surface area contributed by atoms with Crippen molar-refractivity contribution in [2.75, 3.05) is 45.9 Å². The highest BCUT2D eigenvalue weighted by Crippen LogP contribution is 2.34. The molecule has 0 aromatic heterocycles. The second kappa shape index (κ2) is 11.5. The second-order valence-corrected chi connectivity index (χ2v) is 10.2. The molecule has 36 heavy (non-hydrogen) atoms. The number of carbonyl (C=O) groups is 3. The van der Waals surface area contributed by atoms with Gasteiger partial charge in [-0.05, 0) is 51.7 Å². The lowest BCUT2D eigenvalue weighted by Gasteiger charge is -2.41. The van der Waals surface area contributed by atoms with Gasteiger partial charge in [-0.15, -0.1) is 0 Å². The summed E-state index contributed by atoms with van der Waals surface area (Å²) in [5, 5.41) is 3.06. The zero-order valence-electron chi connectivity index (χ0n) is 22.1. The number of hydrogen-bond acceptors (Lipinski definition) is 5. The standard InChI is InChI=1S/C28H40N4O4/c1-5-32-23(18-30-13-15-31(16-14-30)26(33)21-9-7-8-10-21)24(27(34)36-6-2)25(29-28(32)35)22-12-11-19(3)17-20(22)4/h11-12,17,21,25H,5-10,13-16,18H2,1-4H3,(H,29,35)/t25-/m1/s1. The first kappa shape index (κ1) is 26.2. The van der Waals surface area contributed by atoms with Crippen LogP contribution in [0, 0.1) is 19.8 Å². The molecule has 1 aromatic rings. The average molecular weight is 497 g/mol. The van der Waals surface area contributed by atoms with E-state index in [9.17, 15) is 14.4 Å². The molecule has 4 rings (SSSR count). The zero-order valence-corrected chi connectivity index (χ0v) is 22.1. The van der Waals surface area contributed by atoms with Gasteiger partial charge in [0.25, 0.3) is 0 Å². The third-order valence-electron chi connectivity index (χ3n) is 7.75. The van der Waals surface area contributed by atoms with Crippen LogP contribution in [-0.2, 0) is 14.3 Å². The molecule has 1 atom stereocenters. The van der Waals surface area contributed by atoms with Crippen molar-refractivity contribution in [2.45, 2.75) is 59.4 Å². The molecule has 2 aliphatic heterocycles. The topological polar surface area (TPSA) is 82.2 Å². The highest BCUT2D eigenvalue weighted by molar-refractivity contribution is 5.95. The molecule has 2 fully saturated rings. The molecule has 3 aliphatic rings. The Hall–Kier alpha value is -2.87. The molecular weight excluding hydrogens is 456 g/mol. The third-order valence-corrected chi connectivity index (χ3v) is 7.75. The van der Waals surface area contributed by atoms with Crippen molar-refractivity contribution < 1.29 is 19.1 Å². The molecule has 0 unspecified atom stereocenters. The molecule has 1 N–H and O–H groups in total. The van der Waals surface area contributed by atoms with E-state index in [1.807, 2.05) is 37.8 Å². The zero-order chi connectivity index (χ0) is 25.8. The Balaban J connectivity index is 1.61. The second-order valence-electron chi connectivity index (χ2n) is 10.2. The first-order chi connectivity index (χ1) is 17.3. The number of amides is 3. The fourth-order valence-corrected chi connectivity index (χ4v) is 5.81. The molecule has 196 valence electrons. The summed E-state index contributed by atoms with van der Waals surface area (Å²) in [6, 6.07) is 5.28. The number of piperazine rings is 1. The van der Waals surface area contributed by atoms with E-state index in [1.54, 1.807) is 11.8 Å². The predicted octanol–water partition coefficient (Wildman–Crippen LogP) is 3.54. The summed E-state index contributed by atoms with van der Waals surface area (Å²) in [6.07, 6.45) is 4.32. The van der Waals surface area contributed by atoms with Crippen LogP contribution in [0.4, 0.5) is 4.79 Å². The van der Waals surface area contributed by atoms with Gasteiger partial charge in [0.2, 0.25) is 5.91 Å². The SMILES string of the molecule is CCOC(=O)C1=C(CN2CCN(C(=O)C3CCCC3)CC2)N(CC)C(=O)N[C@@H]1c1ccc(C)cc1C. The Kier molecular flexibility index (Phi) is 8.34. The molecule has 2 heterocycles. The van der Waals surface area contributed by atoms with Gasteiger partial charge in [-0.25, -0.2) is 9.59 Å². The summed E-state index contributed by atoms with van der Waals surface area (Å²) in [7, 11) is 0. The van der Waals surface area contributed by atoms with Crippen LogP contribution in [0.5, 0.6) is 0 Å². The summed E-state index contributed by atoms with van der Waals surface area (Å²) in [4.78, 5) is 45.3. The van der Waals surface area contributed by atoms with Crippen LogP contribution in [0.1, 0.15) is 62.3 Å². The van der Waals surface area contributed by atoms with E-state index < -0.39 is 12.0 Å². The molecule has 0 radical (unpaired) electrons. The van der Waals surface area contributed by atoms with Crippen LogP contribution >= 0.6 is 0 Å². The first-order valence-corrected chi connectivity index (χ1v) is 13.4. The minimum atomic E-state index is -0.569. The van der Waals surface area contributed by atoms with Gasteiger partial charge in [-0.2, -0.15) is 0 Å². The van der Waals surface area contributed by atoms with E-state index in [4.69, 9.17) is 4.74 Å². The molecule has 3 amide bonds. The Morgan fingerprint density at radius 1 is 1.06 bits per heavy atom. The Bertz CT molecular complexity index is 1020. The van der Waals surface area contributed by atoms with E-state index in [-0.39, 0.29) is 18.6 Å². The first-order valence-electron chi connectivity index (χ1n) is 13.4. The van der Waals surface area contributed by atoms with Crippen molar-refractivity contribution in [1.29, 1.82) is 0 Å². The number of carbonyl (C=O) groups excluding carboxylic acids is 3. The van der Waals surface area contributed by atoms with E-state index >= 15 is 0 Å². The van der Waals surface area contributed by atoms with Gasteiger partial charge in [-0.1, -0.05) is 36.6 Å². The van der Waals surface area contributed by atoms with Crippen molar-refractivity contribution in [1.82, 2.24) is 20.0 Å². The number of likely N-dealkylation sites (N-methyl/N-ethyl adjacent to an activating group) is 1. The number of benzene rings is 1. The van der Waals surface area contributed by atoms with Crippen LogP contribution in [0.2, 0.25) is 0 Å². The van der Waals surface area contributed by atoms with Gasteiger partial charge in [0.15, 0.2) is 0 Å². The molecule has 1 saturated carbocycles. The lowest BCUT2D eigenvalue weighted by atomic mass is 9.90. The summed E-state index contributed by atoms with van der Waals surface area (Å²) in [5.41, 5.74) is 4.23. The van der Waals surface area contributed by atoms with Crippen molar-refractivity contribution in [3.05, 3.63) is 46.2 Å². The van der Waals surface area contributed by atoms with Gasteiger partial charge in [0.05, 0.1) is 18.2 Å². The van der Waals surface area contributed by atoms with E-state index in [0.717, 1.165) is 42.4 Å². The van der Waals surface area contributed by atoms with E-state index in [2.05, 4.69) is 16.3 Å². The number of nitrogens with zero attached hydrogens (tertiary/aromatic N) is 3. The molecule has 1 aromatic carbocycles. The number of rotatable bonds is 7. The van der Waals surface area contributed by atoms with Gasteiger partial charge >= 0.3 is 12.0 Å². The van der Waals surface area contributed by atoms with Gasteiger partial charge in [0.1, 0.15) is 0 Å². The average Bonchev–Trinajstić information content (AvgIpc) is 3.39. The summed E-state index contributed by atoms with van der Waals surface area (Å²) >= 11 is 0. The van der Waals surface area contributed by atoms with Crippen LogP contribution in [-0.4, -0.2) is 78.5 Å². The number of esters is 1. The summed E-state index contributed by atoms with van der Waals surface area (Å²) < 4.78 is 5.50. The maximum atomic E-state index is 13.3. The maximum absolute atomic E-state index is 13.3. The number of urea groups is 1. The smallest absolute Gasteiger partial charge is 0.338 e. The van der Waals surface area contributed by atoms with Gasteiger partial charge in [-0.3, -0.25) is 14.6 Å². The van der Waals surface area contributed by atoms with Crippen molar-refractivity contribution in [3.8, 4) is 0 Å². The van der Waals surface area contributed by atoms with Gasteiger partial charge < -0.3 is 15.0 Å². The maximum Gasteiger partial charge on any atom is 0.338 e. The molecule has 0 spiro atoms. The molecule has 0 bridgehead atoms. The lowest BCUT2D eigenvalue weighted by molar-refractivity contribution is -0.139. The molecule has 8 heteroatoms.